The Kier molecular flexibility index (Phi) is 3.57. The number of hydrogen-bond donors (Lipinski definition) is 1. The Morgan fingerprint density at radius 2 is 1.73 bits per heavy atom. The molecule has 0 aromatic heterocycles. The van der Waals surface area contributed by atoms with Gasteiger partial charge in [0, 0.05) is 20.0 Å². The average Bonchev–Trinajstić information content (AvgIpc) is 1.87. The number of urea groups is 1. The molecule has 0 saturated heterocycles. The summed E-state index contributed by atoms with van der Waals surface area (Å²) in [6.07, 6.45) is 0. The van der Waals surface area contributed by atoms with E-state index < -0.39 is 0 Å². The Morgan fingerprint density at radius 3 is 2.00 bits per heavy atom. The van der Waals surface area contributed by atoms with Crippen LogP contribution in [-0.2, 0) is 4.79 Å². The highest BCUT2D eigenvalue weighted by atomic mass is 16.2. The maximum atomic E-state index is 10.9. The normalized spacial score (nSPS) is 9.55. The highest BCUT2D eigenvalue weighted by Crippen LogP contribution is 1.90. The highest BCUT2D eigenvalue weighted by molar-refractivity contribution is 5.94. The van der Waals surface area contributed by atoms with E-state index in [2.05, 4.69) is 5.32 Å². The Balaban J connectivity index is 3.86. The van der Waals surface area contributed by atoms with Crippen molar-refractivity contribution >= 4 is 11.9 Å². The van der Waals surface area contributed by atoms with Gasteiger partial charge in [-0.05, 0) is 0 Å². The SMILES string of the molecule is CC(C)C(=O)NC(=O)N(C)C. The van der Waals surface area contributed by atoms with Gasteiger partial charge in [-0.2, -0.15) is 0 Å². The second kappa shape index (κ2) is 3.95. The van der Waals surface area contributed by atoms with Crippen molar-refractivity contribution in [1.82, 2.24) is 10.2 Å². The quantitative estimate of drug-likeness (QED) is 0.602. The fourth-order valence-corrected chi connectivity index (χ4v) is 0.362. The van der Waals surface area contributed by atoms with Gasteiger partial charge in [-0.3, -0.25) is 10.1 Å². The molecule has 11 heavy (non-hydrogen) atoms. The van der Waals surface area contributed by atoms with E-state index in [9.17, 15) is 9.59 Å². The van der Waals surface area contributed by atoms with Crippen molar-refractivity contribution in [3.05, 3.63) is 0 Å². The van der Waals surface area contributed by atoms with Gasteiger partial charge in [0.05, 0.1) is 0 Å². The smallest absolute Gasteiger partial charge is 0.323 e. The Morgan fingerprint density at radius 1 is 1.27 bits per heavy atom. The van der Waals surface area contributed by atoms with E-state index in [1.165, 1.54) is 4.90 Å². The van der Waals surface area contributed by atoms with Crippen LogP contribution in [0.1, 0.15) is 13.8 Å². The van der Waals surface area contributed by atoms with Crippen LogP contribution in [0.25, 0.3) is 0 Å². The summed E-state index contributed by atoms with van der Waals surface area (Å²) in [6, 6.07) is -0.372. The number of nitrogens with zero attached hydrogens (tertiary/aromatic N) is 1. The standard InChI is InChI=1S/C7H14N2O2/c1-5(2)6(10)8-7(11)9(3)4/h5H,1-4H3,(H,8,10,11). The van der Waals surface area contributed by atoms with Crippen molar-refractivity contribution < 1.29 is 9.59 Å². The third kappa shape index (κ3) is 3.60. The van der Waals surface area contributed by atoms with Crippen molar-refractivity contribution in [2.75, 3.05) is 14.1 Å². The first-order valence-corrected chi connectivity index (χ1v) is 3.47. The fraction of sp³-hybridized carbons (Fsp3) is 0.714. The summed E-state index contributed by atoms with van der Waals surface area (Å²) in [5.74, 6) is -0.400. The summed E-state index contributed by atoms with van der Waals surface area (Å²) in [7, 11) is 3.17. The van der Waals surface area contributed by atoms with Crippen molar-refractivity contribution in [3.63, 3.8) is 0 Å². The molecule has 0 aliphatic heterocycles. The maximum Gasteiger partial charge on any atom is 0.323 e. The fourth-order valence-electron chi connectivity index (χ4n) is 0.362. The van der Waals surface area contributed by atoms with Crippen LogP contribution in [0.15, 0.2) is 0 Å². The molecular formula is C7H14N2O2. The average molecular weight is 158 g/mol. The van der Waals surface area contributed by atoms with Crippen LogP contribution in [0.2, 0.25) is 0 Å². The molecule has 0 fully saturated rings. The monoisotopic (exact) mass is 158 g/mol. The van der Waals surface area contributed by atoms with Gasteiger partial charge < -0.3 is 4.90 Å². The summed E-state index contributed by atoms with van der Waals surface area (Å²) in [6.45, 7) is 3.47. The van der Waals surface area contributed by atoms with E-state index >= 15 is 0 Å². The van der Waals surface area contributed by atoms with Gasteiger partial charge >= 0.3 is 6.03 Å². The predicted molar refractivity (Wildman–Crippen MR) is 42.1 cm³/mol. The zero-order valence-corrected chi connectivity index (χ0v) is 7.34. The van der Waals surface area contributed by atoms with Gasteiger partial charge in [-0.25, -0.2) is 4.79 Å². The first kappa shape index (κ1) is 9.94. The van der Waals surface area contributed by atoms with E-state index in [1.54, 1.807) is 27.9 Å². The summed E-state index contributed by atoms with van der Waals surface area (Å²) < 4.78 is 0. The van der Waals surface area contributed by atoms with Gasteiger partial charge in [-0.1, -0.05) is 13.8 Å². The minimum Gasteiger partial charge on any atom is -0.331 e. The third-order valence-corrected chi connectivity index (χ3v) is 1.16. The van der Waals surface area contributed by atoms with Crippen molar-refractivity contribution in [2.45, 2.75) is 13.8 Å². The number of carbonyl (C=O) groups excluding carboxylic acids is 2. The Bertz CT molecular complexity index is 146. The largest absolute Gasteiger partial charge is 0.331 e. The van der Waals surface area contributed by atoms with Crippen molar-refractivity contribution in [3.8, 4) is 0 Å². The number of hydrogen-bond acceptors (Lipinski definition) is 2. The molecule has 0 aromatic carbocycles. The lowest BCUT2D eigenvalue weighted by Gasteiger charge is -2.11. The van der Waals surface area contributed by atoms with E-state index in [0.717, 1.165) is 0 Å². The molecule has 0 saturated carbocycles. The Labute approximate surface area is 66.6 Å². The van der Waals surface area contributed by atoms with Crippen molar-refractivity contribution in [1.29, 1.82) is 0 Å². The predicted octanol–water partition coefficient (Wildman–Crippen LogP) is 0.440. The molecule has 4 nitrogen and oxygen atoms in total. The lowest BCUT2D eigenvalue weighted by atomic mass is 10.2. The second-order valence-electron chi connectivity index (χ2n) is 2.84. The molecule has 0 rings (SSSR count). The molecule has 0 bridgehead atoms. The van der Waals surface area contributed by atoms with Crippen LogP contribution < -0.4 is 5.32 Å². The second-order valence-corrected chi connectivity index (χ2v) is 2.84. The first-order chi connectivity index (χ1) is 4.95. The number of amides is 3. The molecule has 0 atom stereocenters. The molecule has 0 spiro atoms. The van der Waals surface area contributed by atoms with E-state index in [-0.39, 0.29) is 17.9 Å². The number of rotatable bonds is 1. The van der Waals surface area contributed by atoms with Gasteiger partial charge in [-0.15, -0.1) is 0 Å². The summed E-state index contributed by atoms with van der Waals surface area (Å²) in [5, 5.41) is 2.23. The Hall–Kier alpha value is -1.06. The van der Waals surface area contributed by atoms with Crippen LogP contribution in [0.4, 0.5) is 4.79 Å². The molecule has 4 heteroatoms. The minimum atomic E-state index is -0.372. The molecule has 0 aliphatic rings. The summed E-state index contributed by atoms with van der Waals surface area (Å²) in [5.41, 5.74) is 0. The molecule has 0 aromatic rings. The van der Waals surface area contributed by atoms with Crippen LogP contribution in [0.5, 0.6) is 0 Å². The molecule has 0 heterocycles. The molecule has 64 valence electrons. The topological polar surface area (TPSA) is 49.4 Å². The van der Waals surface area contributed by atoms with Crippen molar-refractivity contribution in [2.24, 2.45) is 5.92 Å². The molecular weight excluding hydrogens is 144 g/mol. The van der Waals surface area contributed by atoms with Crippen LogP contribution >= 0.6 is 0 Å². The van der Waals surface area contributed by atoms with Gasteiger partial charge in [0.15, 0.2) is 0 Å². The molecule has 1 N–H and O–H groups in total. The van der Waals surface area contributed by atoms with Crippen LogP contribution in [0, 0.1) is 5.92 Å². The zero-order chi connectivity index (χ0) is 9.02. The van der Waals surface area contributed by atoms with E-state index in [4.69, 9.17) is 0 Å². The van der Waals surface area contributed by atoms with Crippen LogP contribution in [0.3, 0.4) is 0 Å². The van der Waals surface area contributed by atoms with Gasteiger partial charge in [0.2, 0.25) is 5.91 Å². The first-order valence-electron chi connectivity index (χ1n) is 3.47. The van der Waals surface area contributed by atoms with Crippen LogP contribution in [-0.4, -0.2) is 30.9 Å². The van der Waals surface area contributed by atoms with Gasteiger partial charge in [0.1, 0.15) is 0 Å². The summed E-state index contributed by atoms with van der Waals surface area (Å²) in [4.78, 5) is 23.1. The van der Waals surface area contributed by atoms with E-state index in [0.29, 0.717) is 0 Å². The third-order valence-electron chi connectivity index (χ3n) is 1.16. The molecule has 3 amide bonds. The van der Waals surface area contributed by atoms with Gasteiger partial charge in [0.25, 0.3) is 0 Å². The summed E-state index contributed by atoms with van der Waals surface area (Å²) >= 11 is 0. The number of nitrogens with one attached hydrogen (secondary N) is 1. The highest BCUT2D eigenvalue weighted by Gasteiger charge is 2.11. The lowest BCUT2D eigenvalue weighted by molar-refractivity contribution is -0.123. The lowest BCUT2D eigenvalue weighted by Crippen LogP contribution is -2.40. The molecule has 0 unspecified atom stereocenters. The van der Waals surface area contributed by atoms with E-state index in [1.807, 2.05) is 0 Å². The minimum absolute atomic E-state index is 0.154. The molecule has 0 aliphatic carbocycles. The molecule has 0 radical (unpaired) electrons. The maximum absolute atomic E-state index is 10.9. The zero-order valence-electron chi connectivity index (χ0n) is 7.34. The number of carbonyl (C=O) groups is 2. The number of imide groups is 1.